The van der Waals surface area contributed by atoms with Gasteiger partial charge in [0.05, 0.1) is 18.2 Å². The first-order chi connectivity index (χ1) is 24.7. The number of anilines is 1. The molecule has 6 rings (SSSR count). The van der Waals surface area contributed by atoms with Gasteiger partial charge in [-0.2, -0.15) is 13.2 Å². The average Bonchev–Trinajstić information content (AvgIpc) is 3.95. The number of rotatable bonds is 6. The van der Waals surface area contributed by atoms with Crippen LogP contribution in [0.25, 0.3) is 0 Å². The number of nitrogens with two attached hydrogens (primary N) is 2. The van der Waals surface area contributed by atoms with E-state index in [1.807, 2.05) is 44.9 Å². The quantitative estimate of drug-likeness (QED) is 0.0995. The lowest BCUT2D eigenvalue weighted by molar-refractivity contribution is -0.137. The third kappa shape index (κ3) is 17.0. The van der Waals surface area contributed by atoms with Crippen molar-refractivity contribution < 1.29 is 41.8 Å². The van der Waals surface area contributed by atoms with Gasteiger partial charge >= 0.3 is 12.3 Å². The summed E-state index contributed by atoms with van der Waals surface area (Å²) in [5.41, 5.74) is 10.9. The van der Waals surface area contributed by atoms with Crippen LogP contribution in [0.5, 0.6) is 0 Å². The highest BCUT2D eigenvalue weighted by Crippen LogP contribution is 2.42. The lowest BCUT2D eigenvalue weighted by Gasteiger charge is -2.14. The smallest absolute Gasteiger partial charge is 0.416 e. The number of hydrogen-bond donors (Lipinski definition) is 4. The molecule has 2 aliphatic heterocycles. The molecule has 0 aromatic heterocycles. The average molecular weight is 790 g/mol. The molecule has 16 heteroatoms. The summed E-state index contributed by atoms with van der Waals surface area (Å²) in [6.45, 7) is 10.2. The van der Waals surface area contributed by atoms with Crippen LogP contribution in [0, 0.1) is 23.1 Å². The monoisotopic (exact) mass is 789 g/mol. The SMILES string of the molecule is CC(C)(C)CC=O.CCC1CC1C(=O)NSC1CC1.CN1CCCC1C(N)=O.Nc1cc(F)cc(C(F)(F)F)c1.O=C(O)N1Cc2cccc(Cl)c2C1. The number of carboxylic acid groups (broad SMARTS) is 1. The summed E-state index contributed by atoms with van der Waals surface area (Å²) in [7, 11) is 1.93. The molecule has 3 amide bonds. The van der Waals surface area contributed by atoms with Crippen molar-refractivity contribution in [3.8, 4) is 0 Å². The number of alkyl halides is 3. The summed E-state index contributed by atoms with van der Waals surface area (Å²) in [5.74, 6) is 0.141. The zero-order valence-electron chi connectivity index (χ0n) is 30.8. The van der Waals surface area contributed by atoms with Crippen molar-refractivity contribution in [3.63, 3.8) is 0 Å². The van der Waals surface area contributed by atoms with Crippen molar-refractivity contribution in [2.45, 2.75) is 103 Å². The third-order valence-electron chi connectivity index (χ3n) is 8.62. The van der Waals surface area contributed by atoms with Crippen molar-refractivity contribution >= 4 is 53.4 Å². The van der Waals surface area contributed by atoms with Gasteiger partial charge in [0.15, 0.2) is 0 Å². The number of aldehydes is 1. The maximum Gasteiger partial charge on any atom is 0.416 e. The molecule has 0 bridgehead atoms. The van der Waals surface area contributed by atoms with Gasteiger partial charge in [-0.25, -0.2) is 9.18 Å². The number of halogens is 5. The van der Waals surface area contributed by atoms with Gasteiger partial charge in [-0.05, 0) is 104 Å². The van der Waals surface area contributed by atoms with E-state index in [1.165, 1.54) is 17.7 Å². The molecular weight excluding hydrogens is 738 g/mol. The van der Waals surface area contributed by atoms with Crippen LogP contribution in [0.4, 0.5) is 28.0 Å². The number of primary amides is 1. The summed E-state index contributed by atoms with van der Waals surface area (Å²) >= 11 is 7.55. The number of nitrogen functional groups attached to an aromatic ring is 1. The van der Waals surface area contributed by atoms with Gasteiger partial charge in [-0.3, -0.25) is 24.1 Å². The van der Waals surface area contributed by atoms with Gasteiger partial charge in [0.2, 0.25) is 11.8 Å². The fourth-order valence-electron chi connectivity index (χ4n) is 5.23. The molecule has 3 fully saturated rings. The van der Waals surface area contributed by atoms with Gasteiger partial charge < -0.3 is 21.4 Å². The highest BCUT2D eigenvalue weighted by Gasteiger charge is 2.41. The maximum absolute atomic E-state index is 12.4. The Bertz CT molecular complexity index is 1520. The summed E-state index contributed by atoms with van der Waals surface area (Å²) in [5, 5.41) is 10.1. The molecule has 53 heavy (non-hydrogen) atoms. The van der Waals surface area contributed by atoms with Crippen LogP contribution in [0.1, 0.15) is 89.3 Å². The lowest BCUT2D eigenvalue weighted by Crippen LogP contribution is -2.37. The second kappa shape index (κ2) is 20.8. The fraction of sp³-hybridized carbons (Fsp3) is 0.568. The zero-order chi connectivity index (χ0) is 40.1. The van der Waals surface area contributed by atoms with E-state index in [4.69, 9.17) is 28.2 Å². The number of carbonyl (C=O) groups excluding carboxylic acids is 3. The predicted molar refractivity (Wildman–Crippen MR) is 200 cm³/mol. The van der Waals surface area contributed by atoms with E-state index >= 15 is 0 Å². The summed E-state index contributed by atoms with van der Waals surface area (Å²) < 4.78 is 51.1. The van der Waals surface area contributed by atoms with Crippen LogP contribution < -0.4 is 16.2 Å². The number of likely N-dealkylation sites (N-methyl/N-ethyl adjacent to an activating group) is 1. The molecule has 2 heterocycles. The molecule has 10 nitrogen and oxygen atoms in total. The van der Waals surface area contributed by atoms with Crippen molar-refractivity contribution in [2.24, 2.45) is 23.0 Å². The van der Waals surface area contributed by atoms with E-state index in [0.29, 0.717) is 48.5 Å². The van der Waals surface area contributed by atoms with E-state index in [1.54, 1.807) is 18.0 Å². The van der Waals surface area contributed by atoms with E-state index in [0.717, 1.165) is 61.0 Å². The standard InChI is InChI=1S/C9H8ClNO2.C9H15NOS.C7H5F4N.C6H12N2O.C6H12O/c10-8-3-1-2-6-4-11(9(12)13)5-7(6)8;1-2-6-5-8(6)9(11)10-12-7-3-4-7;8-5-1-4(7(9,10)11)2-6(12)3-5;1-8-4-2-3-5(8)6(7)9;1-6(2,3)4-5-7/h1-3H,4-5H2,(H,12,13);6-8H,2-5H2,1H3,(H,10,11);1-3H,12H2;5H,2-4H2,1H3,(H2,7,9);5H,4H2,1-3H3. The minimum atomic E-state index is -4.55. The first kappa shape index (κ1) is 45.6. The van der Waals surface area contributed by atoms with Gasteiger partial charge in [0.1, 0.15) is 12.1 Å². The molecule has 2 saturated carbocycles. The fourth-order valence-corrected chi connectivity index (χ4v) is 6.29. The number of carbonyl (C=O) groups is 4. The Kier molecular flexibility index (Phi) is 17.9. The molecule has 2 aromatic carbocycles. The first-order valence-electron chi connectivity index (χ1n) is 17.4. The molecule has 2 aliphatic carbocycles. The van der Waals surface area contributed by atoms with Crippen LogP contribution in [-0.4, -0.2) is 64.0 Å². The Morgan fingerprint density at radius 3 is 2.15 bits per heavy atom. The molecule has 0 spiro atoms. The molecule has 2 aromatic rings. The van der Waals surface area contributed by atoms with Crippen LogP contribution in [0.3, 0.4) is 0 Å². The number of fused-ring (bicyclic) bond motifs is 1. The predicted octanol–water partition coefficient (Wildman–Crippen LogP) is 7.91. The number of nitrogens with one attached hydrogen (secondary N) is 1. The minimum Gasteiger partial charge on any atom is -0.465 e. The molecule has 4 aliphatic rings. The highest BCUT2D eigenvalue weighted by molar-refractivity contribution is 7.98. The van der Waals surface area contributed by atoms with Gasteiger partial charge in [0.25, 0.3) is 0 Å². The normalized spacial score (nSPS) is 20.0. The van der Waals surface area contributed by atoms with Crippen molar-refractivity contribution in [2.75, 3.05) is 19.3 Å². The van der Waals surface area contributed by atoms with E-state index < -0.39 is 23.7 Å². The van der Waals surface area contributed by atoms with Gasteiger partial charge in [0, 0.05) is 34.8 Å². The van der Waals surface area contributed by atoms with E-state index in [-0.39, 0.29) is 29.0 Å². The molecule has 3 atom stereocenters. The van der Waals surface area contributed by atoms with Crippen molar-refractivity contribution in [1.29, 1.82) is 0 Å². The number of nitrogens with zero attached hydrogens (tertiary/aromatic N) is 2. The summed E-state index contributed by atoms with van der Waals surface area (Å²) in [6, 6.07) is 7.45. The molecule has 296 valence electrons. The van der Waals surface area contributed by atoms with E-state index in [9.17, 15) is 36.7 Å². The second-order valence-electron chi connectivity index (χ2n) is 14.6. The summed E-state index contributed by atoms with van der Waals surface area (Å²) in [6.07, 6.45) is 3.06. The zero-order valence-corrected chi connectivity index (χ0v) is 32.4. The Hall–Kier alpha value is -3.56. The number of amides is 3. The van der Waals surface area contributed by atoms with Gasteiger partial charge in [-0.1, -0.05) is 57.8 Å². The molecule has 6 N–H and O–H groups in total. The van der Waals surface area contributed by atoms with Crippen molar-refractivity contribution in [1.82, 2.24) is 14.5 Å². The second-order valence-corrected chi connectivity index (χ2v) is 16.1. The molecule has 0 radical (unpaired) electrons. The molecule has 3 unspecified atom stereocenters. The Labute approximate surface area is 318 Å². The Balaban J connectivity index is 0.000000233. The molecular formula is C37H52ClF4N5O5S. The van der Waals surface area contributed by atoms with E-state index in [2.05, 4.69) is 11.6 Å². The molecule has 1 saturated heterocycles. The van der Waals surface area contributed by atoms with Crippen LogP contribution in [-0.2, 0) is 33.6 Å². The van der Waals surface area contributed by atoms with Gasteiger partial charge in [-0.15, -0.1) is 0 Å². The van der Waals surface area contributed by atoms with Crippen LogP contribution >= 0.6 is 23.5 Å². The number of hydrogen-bond acceptors (Lipinski definition) is 7. The van der Waals surface area contributed by atoms with Crippen LogP contribution in [0.2, 0.25) is 5.02 Å². The maximum atomic E-state index is 12.4. The minimum absolute atomic E-state index is 0.00463. The summed E-state index contributed by atoms with van der Waals surface area (Å²) in [4.78, 5) is 45.8. The first-order valence-corrected chi connectivity index (χ1v) is 18.7. The number of benzene rings is 2. The van der Waals surface area contributed by atoms with Crippen LogP contribution in [0.15, 0.2) is 36.4 Å². The number of likely N-dealkylation sites (tertiary alicyclic amines) is 1. The Morgan fingerprint density at radius 2 is 1.75 bits per heavy atom. The lowest BCUT2D eigenvalue weighted by atomic mass is 9.93. The highest BCUT2D eigenvalue weighted by atomic mass is 35.5. The third-order valence-corrected chi connectivity index (χ3v) is 10.1. The largest absolute Gasteiger partial charge is 0.465 e. The topological polar surface area (TPSA) is 159 Å². The van der Waals surface area contributed by atoms with Crippen molar-refractivity contribution in [3.05, 3.63) is 63.9 Å². The Morgan fingerprint density at radius 1 is 1.09 bits per heavy atom.